The molecule has 0 bridgehead atoms. The molecular weight excluding hydrogens is 541 g/mol. The molecule has 0 aliphatic carbocycles. The van der Waals surface area contributed by atoms with Crippen LogP contribution in [0, 0.1) is 35.1 Å². The van der Waals surface area contributed by atoms with E-state index in [-0.39, 0.29) is 89.7 Å². The van der Waals surface area contributed by atoms with Gasteiger partial charge in [-0.05, 0) is 0 Å². The Labute approximate surface area is 121 Å². The van der Waals surface area contributed by atoms with E-state index in [9.17, 15) is 0 Å². The van der Waals surface area contributed by atoms with E-state index in [1.165, 1.54) is 0 Å². The van der Waals surface area contributed by atoms with Gasteiger partial charge < -0.3 is 48.0 Å². The molecule has 0 N–H and O–H groups in total. The zero-order valence-electron chi connectivity index (χ0n) is 6.80. The van der Waals surface area contributed by atoms with Crippen molar-refractivity contribution in [1.29, 1.82) is 0 Å². The van der Waals surface area contributed by atoms with E-state index in [2.05, 4.69) is 13.8 Å². The van der Waals surface area contributed by atoms with Crippen molar-refractivity contribution in [3.05, 3.63) is 35.1 Å². The fraction of sp³-hybridized carbons (Fsp3) is 0.286. The Morgan fingerprint density at radius 1 is 0.900 bits per heavy atom. The van der Waals surface area contributed by atoms with E-state index in [0.717, 1.165) is 12.8 Å². The minimum Gasteiger partial charge on any atom is -0.387 e. The molecule has 3 heteroatoms. The quantitative estimate of drug-likeness (QED) is 0.460. The van der Waals surface area contributed by atoms with E-state index in [0.29, 0.717) is 0 Å². The average Bonchev–Trinajstić information content (AvgIpc) is 1.41. The third-order valence-corrected chi connectivity index (χ3v) is 0.408. The molecule has 0 unspecified atom stereocenters. The van der Waals surface area contributed by atoms with Gasteiger partial charge in [0.2, 0.25) is 0 Å². The molecule has 0 nitrogen and oxygen atoms in total. The molecule has 0 aliphatic heterocycles. The van der Waals surface area contributed by atoms with Crippen molar-refractivity contribution in [2.45, 2.75) is 12.8 Å². The Bertz CT molecular complexity index is 19.1. The van der Waals surface area contributed by atoms with Gasteiger partial charge in [-0.25, -0.2) is 0 Å². The van der Waals surface area contributed by atoms with Crippen molar-refractivity contribution in [2.75, 3.05) is 0 Å². The molecule has 1 radical (unpaired) electrons. The molecule has 0 heterocycles. The van der Waals surface area contributed by atoms with Gasteiger partial charge in [0.1, 0.15) is 0 Å². The Balaban J connectivity index is -0.00000000800. The zero-order valence-corrected chi connectivity index (χ0v) is 15.5. The molecule has 0 aliphatic rings. The van der Waals surface area contributed by atoms with Crippen molar-refractivity contribution in [3.8, 4) is 0 Å². The van der Waals surface area contributed by atoms with Crippen molar-refractivity contribution in [1.82, 2.24) is 0 Å². The van der Waals surface area contributed by atoms with Crippen LogP contribution in [0.4, 0.5) is 0 Å². The minimum atomic E-state index is 0. The second-order valence-corrected chi connectivity index (χ2v) is 0.866. The molecule has 0 saturated heterocycles. The monoisotopic (exact) mass is 556 g/mol. The summed E-state index contributed by atoms with van der Waals surface area (Å²) < 4.78 is 0. The summed E-state index contributed by atoms with van der Waals surface area (Å²) in [7, 11) is 0. The molecule has 0 aromatic heterocycles. The summed E-state index contributed by atoms with van der Waals surface area (Å²) in [6.45, 7) is 7.16. The SMILES string of the molecule is [CH2-]C[CH-]C[CH2-].[CH3-].[CH3-].[W+2].[W+2].[Y]. The van der Waals surface area contributed by atoms with E-state index in [4.69, 9.17) is 0 Å². The van der Waals surface area contributed by atoms with E-state index in [1.807, 2.05) is 6.42 Å². The van der Waals surface area contributed by atoms with Gasteiger partial charge in [0.05, 0.1) is 0 Å². The predicted molar refractivity (Wildman–Crippen MR) is 37.1 cm³/mol. The summed E-state index contributed by atoms with van der Waals surface area (Å²) in [4.78, 5) is 0. The second-order valence-electron chi connectivity index (χ2n) is 0.866. The van der Waals surface area contributed by atoms with Gasteiger partial charge in [-0.2, -0.15) is 0 Å². The first-order valence-corrected chi connectivity index (χ1v) is 1.82. The summed E-state index contributed by atoms with van der Waals surface area (Å²) in [5, 5.41) is 0. The van der Waals surface area contributed by atoms with Gasteiger partial charge >= 0.3 is 42.1 Å². The summed E-state index contributed by atoms with van der Waals surface area (Å²) >= 11 is 0. The molecule has 0 aromatic rings. The van der Waals surface area contributed by atoms with Gasteiger partial charge in [-0.1, -0.05) is 0 Å². The molecule has 0 fully saturated rings. The normalized spacial score (nSPS) is 4.20. The number of hydrogen-bond donors (Lipinski definition) is 0. The van der Waals surface area contributed by atoms with Gasteiger partial charge in [0.25, 0.3) is 0 Å². The molecule has 0 saturated carbocycles. The van der Waals surface area contributed by atoms with Crippen LogP contribution >= 0.6 is 0 Å². The van der Waals surface area contributed by atoms with Crippen LogP contribution in [0.1, 0.15) is 12.8 Å². The summed E-state index contributed by atoms with van der Waals surface area (Å²) in [5.74, 6) is 0. The van der Waals surface area contributed by atoms with Gasteiger partial charge in [0, 0.05) is 32.7 Å². The number of unbranched alkanes of at least 4 members (excludes halogenated alkanes) is 2. The number of hydrogen-bond acceptors (Lipinski definition) is 0. The van der Waals surface area contributed by atoms with Crippen LogP contribution in [0.25, 0.3) is 0 Å². The first kappa shape index (κ1) is 39.2. The van der Waals surface area contributed by atoms with Crippen LogP contribution in [0.3, 0.4) is 0 Å². The maximum atomic E-state index is 3.58. The van der Waals surface area contributed by atoms with Crippen molar-refractivity contribution >= 4 is 0 Å². The molecule has 0 atom stereocenters. The first-order chi connectivity index (χ1) is 2.41. The first-order valence-electron chi connectivity index (χ1n) is 1.82. The van der Waals surface area contributed by atoms with Crippen molar-refractivity contribution < 1.29 is 74.8 Å². The maximum Gasteiger partial charge on any atom is 2.00 e. The zero-order chi connectivity index (χ0) is 4.12. The molecule has 0 aromatic carbocycles. The molecular formula is C7H15W2Y-. The summed E-state index contributed by atoms with van der Waals surface area (Å²) in [6.07, 6.45) is 3.84. The molecule has 0 spiro atoms. The van der Waals surface area contributed by atoms with Crippen LogP contribution in [-0.4, -0.2) is 0 Å². The van der Waals surface area contributed by atoms with Crippen LogP contribution in [0.2, 0.25) is 0 Å². The van der Waals surface area contributed by atoms with E-state index >= 15 is 0 Å². The number of rotatable bonds is 2. The van der Waals surface area contributed by atoms with Crippen LogP contribution in [0.15, 0.2) is 0 Å². The van der Waals surface area contributed by atoms with Gasteiger partial charge in [-0.3, -0.25) is 0 Å². The minimum absolute atomic E-state index is 0. The topological polar surface area (TPSA) is 0 Å². The third-order valence-electron chi connectivity index (χ3n) is 0.408. The Hall–Kier alpha value is 2.48. The van der Waals surface area contributed by atoms with Crippen LogP contribution in [0.5, 0.6) is 0 Å². The molecule has 0 amide bonds. The van der Waals surface area contributed by atoms with Crippen LogP contribution in [-0.2, 0) is 74.8 Å². The average molecular weight is 556 g/mol. The molecule has 0 rings (SSSR count). The van der Waals surface area contributed by atoms with E-state index in [1.54, 1.807) is 0 Å². The summed E-state index contributed by atoms with van der Waals surface area (Å²) in [6, 6.07) is 0. The fourth-order valence-corrected chi connectivity index (χ4v) is 0.144. The Kier molecular flexibility index (Phi) is 164. The van der Waals surface area contributed by atoms with E-state index < -0.39 is 0 Å². The Morgan fingerprint density at radius 2 is 1.10 bits per heavy atom. The van der Waals surface area contributed by atoms with Gasteiger partial charge in [-0.15, -0.1) is 0 Å². The molecule has 59 valence electrons. The van der Waals surface area contributed by atoms with Crippen molar-refractivity contribution in [3.63, 3.8) is 0 Å². The standard InChI is InChI=1S/C5H9.2CH3.2W.Y/c1-3-5-4-2;;;;;/h5H,1-4H2;2*1H3;;;/q-3;2*-1;2*+2;. The molecule has 10 heavy (non-hydrogen) atoms. The smallest absolute Gasteiger partial charge is 0.387 e. The van der Waals surface area contributed by atoms with Gasteiger partial charge in [0.15, 0.2) is 0 Å². The summed E-state index contributed by atoms with van der Waals surface area (Å²) in [5.41, 5.74) is 0. The fourth-order valence-electron chi connectivity index (χ4n) is 0.144. The Morgan fingerprint density at radius 3 is 1.10 bits per heavy atom. The second kappa shape index (κ2) is 42.0. The van der Waals surface area contributed by atoms with Crippen LogP contribution < -0.4 is 0 Å². The third kappa shape index (κ3) is 46.9. The van der Waals surface area contributed by atoms with Crippen molar-refractivity contribution in [2.24, 2.45) is 0 Å². The maximum absolute atomic E-state index is 3.58. The predicted octanol–water partition coefficient (Wildman–Crippen LogP) is 2.53. The largest absolute Gasteiger partial charge is 2.00 e.